The highest BCUT2D eigenvalue weighted by Gasteiger charge is 2.46. The number of aryl methyl sites for hydroxylation is 1. The summed E-state index contributed by atoms with van der Waals surface area (Å²) in [6.45, 7) is 3.17. The van der Waals surface area contributed by atoms with Crippen LogP contribution in [-0.4, -0.2) is 58.5 Å². The maximum absolute atomic E-state index is 13.5. The second kappa shape index (κ2) is 10.2. The number of benzene rings is 2. The zero-order valence-electron chi connectivity index (χ0n) is 21.1. The molecule has 1 aliphatic heterocycles. The third-order valence-corrected chi connectivity index (χ3v) is 7.55. The highest BCUT2D eigenvalue weighted by molar-refractivity contribution is 5.99. The first-order valence-corrected chi connectivity index (χ1v) is 12.3. The third-order valence-electron chi connectivity index (χ3n) is 7.55. The first-order valence-electron chi connectivity index (χ1n) is 12.3. The molecule has 1 aliphatic carbocycles. The fraction of sp³-hybridized carbons (Fsp3) is 0.407. The fourth-order valence-corrected chi connectivity index (χ4v) is 5.62. The Morgan fingerprint density at radius 1 is 1.14 bits per heavy atom. The monoisotopic (exact) mass is 510 g/mol. The molecule has 2 aromatic carbocycles. The largest absolute Gasteiger partial charge is 0.465 e. The molecule has 9 nitrogen and oxygen atoms in total. The Kier molecular flexibility index (Phi) is 7.20. The van der Waals surface area contributed by atoms with Crippen molar-refractivity contribution in [3.63, 3.8) is 0 Å². The van der Waals surface area contributed by atoms with E-state index >= 15 is 0 Å². The number of rotatable bonds is 5. The number of anilines is 1. The van der Waals surface area contributed by atoms with E-state index in [-0.39, 0.29) is 17.9 Å². The number of urea groups is 1. The summed E-state index contributed by atoms with van der Waals surface area (Å²) in [4.78, 5) is 52.9. The third kappa shape index (κ3) is 5.00. The van der Waals surface area contributed by atoms with Crippen molar-refractivity contribution in [2.24, 2.45) is 0 Å². The molecule has 5 amide bonds. The summed E-state index contributed by atoms with van der Waals surface area (Å²) < 4.78 is 13.5. The van der Waals surface area contributed by atoms with Crippen molar-refractivity contribution in [3.8, 4) is 0 Å². The van der Waals surface area contributed by atoms with Crippen molar-refractivity contribution < 1.29 is 28.7 Å². The lowest BCUT2D eigenvalue weighted by Gasteiger charge is -2.39. The van der Waals surface area contributed by atoms with Crippen LogP contribution in [0.2, 0.25) is 0 Å². The lowest BCUT2D eigenvalue weighted by Crippen LogP contribution is -2.52. The molecule has 2 aromatic rings. The smallest absolute Gasteiger partial charge is 0.414 e. The first-order chi connectivity index (χ1) is 17.5. The number of hydrogen-bond acceptors (Lipinski definition) is 4. The molecule has 0 saturated carbocycles. The quantitative estimate of drug-likeness (QED) is 0.561. The Balaban J connectivity index is 1.54. The molecule has 2 aliphatic rings. The van der Waals surface area contributed by atoms with Gasteiger partial charge in [0.15, 0.2) is 0 Å². The molecule has 0 spiro atoms. The number of nitrogens with zero attached hydrogens (tertiary/aromatic N) is 2. The number of carbonyl (C=O) groups excluding carboxylic acids is 3. The first kappa shape index (κ1) is 26.1. The van der Waals surface area contributed by atoms with Gasteiger partial charge in [-0.3, -0.25) is 9.59 Å². The summed E-state index contributed by atoms with van der Waals surface area (Å²) >= 11 is 0. The van der Waals surface area contributed by atoms with Gasteiger partial charge in [0.05, 0.1) is 11.5 Å². The molecule has 0 bridgehead atoms. The van der Waals surface area contributed by atoms with Gasteiger partial charge in [-0.25, -0.2) is 18.9 Å². The van der Waals surface area contributed by atoms with Crippen LogP contribution in [0.15, 0.2) is 42.5 Å². The maximum Gasteiger partial charge on any atom is 0.414 e. The fourth-order valence-electron chi connectivity index (χ4n) is 5.62. The Hall–Kier alpha value is -3.95. The predicted molar refractivity (Wildman–Crippen MR) is 135 cm³/mol. The van der Waals surface area contributed by atoms with Crippen molar-refractivity contribution in [2.75, 3.05) is 18.9 Å². The predicted octanol–water partition coefficient (Wildman–Crippen LogP) is 4.04. The summed E-state index contributed by atoms with van der Waals surface area (Å²) in [5.41, 5.74) is 2.12. The summed E-state index contributed by atoms with van der Waals surface area (Å²) in [5, 5.41) is 15.0. The molecule has 1 saturated heterocycles. The summed E-state index contributed by atoms with van der Waals surface area (Å²) in [5.74, 6) is -2.21. The van der Waals surface area contributed by atoms with Crippen LogP contribution >= 0.6 is 0 Å². The van der Waals surface area contributed by atoms with Crippen LogP contribution in [0.1, 0.15) is 55.7 Å². The van der Waals surface area contributed by atoms with Crippen LogP contribution in [-0.2, 0) is 21.5 Å². The molecule has 0 radical (unpaired) electrons. The van der Waals surface area contributed by atoms with Crippen molar-refractivity contribution >= 4 is 29.6 Å². The molecule has 4 rings (SSSR count). The zero-order valence-corrected chi connectivity index (χ0v) is 21.1. The number of carboxylic acid groups (broad SMARTS) is 1. The summed E-state index contributed by atoms with van der Waals surface area (Å²) in [6.07, 6.45) is 0.795. The van der Waals surface area contributed by atoms with Gasteiger partial charge < -0.3 is 20.6 Å². The van der Waals surface area contributed by atoms with E-state index < -0.39 is 35.9 Å². The Bertz CT molecular complexity index is 1230. The second-order valence-corrected chi connectivity index (χ2v) is 9.85. The van der Waals surface area contributed by atoms with E-state index in [0.29, 0.717) is 41.8 Å². The maximum atomic E-state index is 13.5. The van der Waals surface area contributed by atoms with Gasteiger partial charge in [-0.05, 0) is 80.5 Å². The normalized spacial score (nSPS) is 22.3. The van der Waals surface area contributed by atoms with Crippen LogP contribution in [0, 0.1) is 5.82 Å². The molecular weight excluding hydrogens is 479 g/mol. The molecule has 1 fully saturated rings. The summed E-state index contributed by atoms with van der Waals surface area (Å²) in [6, 6.07) is 10.6. The van der Waals surface area contributed by atoms with E-state index in [9.17, 15) is 28.7 Å². The van der Waals surface area contributed by atoms with E-state index in [2.05, 4.69) is 10.6 Å². The molecule has 10 heteroatoms. The van der Waals surface area contributed by atoms with E-state index in [1.54, 1.807) is 35.2 Å². The van der Waals surface area contributed by atoms with Crippen LogP contribution in [0.4, 0.5) is 19.7 Å². The van der Waals surface area contributed by atoms with Crippen LogP contribution in [0.25, 0.3) is 0 Å². The van der Waals surface area contributed by atoms with Gasteiger partial charge in [-0.1, -0.05) is 18.2 Å². The average Bonchev–Trinajstić information content (AvgIpc) is 3.42. The Morgan fingerprint density at radius 2 is 1.84 bits per heavy atom. The number of likely N-dealkylation sites (tertiary alicyclic amines) is 1. The van der Waals surface area contributed by atoms with Gasteiger partial charge in [-0.2, -0.15) is 0 Å². The SMILES string of the molecule is CNC(=O)Nc1ccc2c(c1)CC[C@@H]2C(=O)N(CC(=O)N1[C@H](C)CC[C@@]1(C)c1ccc(F)cc1)C(=O)O. The number of carbonyl (C=O) groups is 4. The van der Waals surface area contributed by atoms with E-state index in [1.165, 1.54) is 19.2 Å². The van der Waals surface area contributed by atoms with Crippen molar-refractivity contribution in [2.45, 2.75) is 57.0 Å². The topological polar surface area (TPSA) is 119 Å². The number of imide groups is 1. The Labute approximate surface area is 214 Å². The number of nitrogens with one attached hydrogen (secondary N) is 2. The molecular formula is C27H31FN4O5. The van der Waals surface area contributed by atoms with E-state index in [4.69, 9.17) is 0 Å². The minimum Gasteiger partial charge on any atom is -0.465 e. The number of halogens is 1. The standard InChI is InChI=1S/C27H31FN4O5/c1-16-12-13-27(2,18-5-7-19(28)8-6-18)32(16)23(33)15-31(26(36)37)24(34)22-10-4-17-14-20(9-11-21(17)22)30-25(35)29-3/h5-9,11,14,16,22H,4,10,12-13,15H2,1-3H3,(H,36,37)(H2,29,30,35)/t16-,22+,27+/m1/s1. The van der Waals surface area contributed by atoms with Gasteiger partial charge >= 0.3 is 12.1 Å². The number of fused-ring (bicyclic) bond motifs is 1. The van der Waals surface area contributed by atoms with Gasteiger partial charge in [0.1, 0.15) is 12.4 Å². The van der Waals surface area contributed by atoms with Gasteiger partial charge in [0, 0.05) is 18.8 Å². The second-order valence-electron chi connectivity index (χ2n) is 9.85. The highest BCUT2D eigenvalue weighted by atomic mass is 19.1. The minimum absolute atomic E-state index is 0.174. The van der Waals surface area contributed by atoms with E-state index in [0.717, 1.165) is 11.1 Å². The molecule has 196 valence electrons. The molecule has 3 atom stereocenters. The van der Waals surface area contributed by atoms with Crippen molar-refractivity contribution in [1.29, 1.82) is 0 Å². The molecule has 0 unspecified atom stereocenters. The van der Waals surface area contributed by atoms with E-state index in [1.807, 2.05) is 13.8 Å². The number of hydrogen-bond donors (Lipinski definition) is 3. The minimum atomic E-state index is -1.49. The molecule has 3 N–H and O–H groups in total. The van der Waals surface area contributed by atoms with Crippen molar-refractivity contribution in [1.82, 2.24) is 15.1 Å². The van der Waals surface area contributed by atoms with Crippen LogP contribution in [0.5, 0.6) is 0 Å². The lowest BCUT2D eigenvalue weighted by atomic mass is 9.89. The molecule has 37 heavy (non-hydrogen) atoms. The van der Waals surface area contributed by atoms with Crippen LogP contribution < -0.4 is 10.6 Å². The van der Waals surface area contributed by atoms with Crippen molar-refractivity contribution in [3.05, 3.63) is 65.0 Å². The average molecular weight is 511 g/mol. The summed E-state index contributed by atoms with van der Waals surface area (Å²) in [7, 11) is 1.50. The van der Waals surface area contributed by atoms with Gasteiger partial charge in [0.25, 0.3) is 0 Å². The van der Waals surface area contributed by atoms with Gasteiger partial charge in [-0.15, -0.1) is 0 Å². The molecule has 0 aromatic heterocycles. The zero-order chi connectivity index (χ0) is 26.9. The lowest BCUT2D eigenvalue weighted by molar-refractivity contribution is -0.143. The van der Waals surface area contributed by atoms with Crippen LogP contribution in [0.3, 0.4) is 0 Å². The Morgan fingerprint density at radius 3 is 2.49 bits per heavy atom. The highest BCUT2D eigenvalue weighted by Crippen LogP contribution is 2.42. The number of amides is 5. The van der Waals surface area contributed by atoms with Gasteiger partial charge in [0.2, 0.25) is 11.8 Å². The molecule has 1 heterocycles.